The van der Waals surface area contributed by atoms with Gasteiger partial charge in [0.25, 0.3) is 0 Å². The number of aldehydes is 1. The molecule has 0 N–H and O–H groups in total. The summed E-state index contributed by atoms with van der Waals surface area (Å²) >= 11 is 6.05. The van der Waals surface area contributed by atoms with Crippen LogP contribution in [0.1, 0.15) is 10.5 Å². The number of pyridine rings is 1. The van der Waals surface area contributed by atoms with Gasteiger partial charge in [-0.2, -0.15) is 0 Å². The second-order valence-electron chi connectivity index (χ2n) is 3.89. The van der Waals surface area contributed by atoms with Crippen LogP contribution in [0, 0.1) is 0 Å². The lowest BCUT2D eigenvalue weighted by Crippen LogP contribution is -1.98. The summed E-state index contributed by atoms with van der Waals surface area (Å²) < 4.78 is 1.87. The van der Waals surface area contributed by atoms with Gasteiger partial charge >= 0.3 is 0 Å². The highest BCUT2D eigenvalue weighted by molar-refractivity contribution is 6.34. The van der Waals surface area contributed by atoms with Crippen LogP contribution in [0.25, 0.3) is 16.6 Å². The standard InChI is InChI=1S/C14H9ClN2O/c15-14-12-8-11(9-18)17(13(12)6-7-16-14)10-4-2-1-3-5-10/h1-9H. The van der Waals surface area contributed by atoms with Crippen molar-refractivity contribution < 1.29 is 4.79 Å². The second kappa shape index (κ2) is 4.27. The summed E-state index contributed by atoms with van der Waals surface area (Å²) in [5, 5.41) is 1.19. The lowest BCUT2D eigenvalue weighted by atomic mass is 10.3. The molecule has 0 atom stereocenters. The van der Waals surface area contributed by atoms with Crippen LogP contribution in [0.4, 0.5) is 0 Å². The van der Waals surface area contributed by atoms with Crippen molar-refractivity contribution in [3.05, 3.63) is 59.5 Å². The molecule has 0 aliphatic rings. The van der Waals surface area contributed by atoms with Crippen molar-refractivity contribution in [3.63, 3.8) is 0 Å². The average molecular weight is 257 g/mol. The Balaban J connectivity index is 2.40. The fourth-order valence-electron chi connectivity index (χ4n) is 2.07. The van der Waals surface area contributed by atoms with Crippen LogP contribution >= 0.6 is 11.6 Å². The fourth-order valence-corrected chi connectivity index (χ4v) is 2.28. The number of halogens is 1. The number of carbonyl (C=O) groups excluding carboxylic acids is 1. The number of carbonyl (C=O) groups is 1. The van der Waals surface area contributed by atoms with Gasteiger partial charge in [-0.25, -0.2) is 4.98 Å². The number of rotatable bonds is 2. The average Bonchev–Trinajstić information content (AvgIpc) is 2.80. The van der Waals surface area contributed by atoms with E-state index in [1.54, 1.807) is 12.3 Å². The molecule has 3 rings (SSSR count). The molecule has 0 aliphatic carbocycles. The predicted molar refractivity (Wildman–Crippen MR) is 71.5 cm³/mol. The maximum atomic E-state index is 11.2. The number of nitrogens with zero attached hydrogens (tertiary/aromatic N) is 2. The molecule has 0 unspecified atom stereocenters. The number of hydrogen-bond donors (Lipinski definition) is 0. The lowest BCUT2D eigenvalue weighted by Gasteiger charge is -2.07. The Morgan fingerprint density at radius 1 is 1.17 bits per heavy atom. The first kappa shape index (κ1) is 11.0. The molecule has 0 saturated carbocycles. The summed E-state index contributed by atoms with van der Waals surface area (Å²) in [6, 6.07) is 13.3. The molecular formula is C14H9ClN2O. The fraction of sp³-hybridized carbons (Fsp3) is 0. The summed E-state index contributed by atoms with van der Waals surface area (Å²) in [4.78, 5) is 15.2. The number of hydrogen-bond acceptors (Lipinski definition) is 2. The summed E-state index contributed by atoms with van der Waals surface area (Å²) in [5.74, 6) is 0. The zero-order chi connectivity index (χ0) is 12.5. The maximum absolute atomic E-state index is 11.2. The molecule has 0 saturated heterocycles. The van der Waals surface area contributed by atoms with E-state index in [1.807, 2.05) is 41.0 Å². The predicted octanol–water partition coefficient (Wildman–Crippen LogP) is 3.49. The first-order chi connectivity index (χ1) is 8.81. The molecule has 0 radical (unpaired) electrons. The quantitative estimate of drug-likeness (QED) is 0.520. The minimum atomic E-state index is 0.408. The van der Waals surface area contributed by atoms with E-state index in [-0.39, 0.29) is 0 Å². The van der Waals surface area contributed by atoms with E-state index in [9.17, 15) is 4.79 Å². The van der Waals surface area contributed by atoms with Gasteiger partial charge in [0, 0.05) is 17.3 Å². The molecule has 0 fully saturated rings. The van der Waals surface area contributed by atoms with E-state index in [4.69, 9.17) is 11.6 Å². The van der Waals surface area contributed by atoms with E-state index in [0.29, 0.717) is 10.8 Å². The number of benzene rings is 1. The summed E-state index contributed by atoms with van der Waals surface area (Å²) in [5.41, 5.74) is 2.37. The highest BCUT2D eigenvalue weighted by Crippen LogP contribution is 2.27. The van der Waals surface area contributed by atoms with Crippen molar-refractivity contribution in [1.29, 1.82) is 0 Å². The Bertz CT molecular complexity index is 719. The molecule has 2 heterocycles. The highest BCUT2D eigenvalue weighted by Gasteiger charge is 2.12. The Labute approximate surface area is 109 Å². The van der Waals surface area contributed by atoms with Gasteiger partial charge < -0.3 is 4.57 Å². The lowest BCUT2D eigenvalue weighted by molar-refractivity contribution is 0.111. The van der Waals surface area contributed by atoms with Gasteiger partial charge in [-0.15, -0.1) is 0 Å². The molecule has 0 amide bonds. The summed E-state index contributed by atoms with van der Waals surface area (Å²) in [6.07, 6.45) is 2.46. The monoisotopic (exact) mass is 256 g/mol. The minimum absolute atomic E-state index is 0.408. The third kappa shape index (κ3) is 1.60. The molecule has 3 aromatic rings. The Morgan fingerprint density at radius 3 is 2.67 bits per heavy atom. The van der Waals surface area contributed by atoms with Crippen molar-refractivity contribution in [2.75, 3.05) is 0 Å². The first-order valence-corrected chi connectivity index (χ1v) is 5.85. The van der Waals surface area contributed by atoms with Crippen LogP contribution in [-0.2, 0) is 0 Å². The van der Waals surface area contributed by atoms with Crippen molar-refractivity contribution in [2.24, 2.45) is 0 Å². The zero-order valence-corrected chi connectivity index (χ0v) is 10.1. The SMILES string of the molecule is O=Cc1cc2c(Cl)nccc2n1-c1ccccc1. The van der Waals surface area contributed by atoms with Crippen LogP contribution < -0.4 is 0 Å². The number of para-hydroxylation sites is 1. The molecular weight excluding hydrogens is 248 g/mol. The molecule has 0 bridgehead atoms. The van der Waals surface area contributed by atoms with Crippen molar-refractivity contribution in [1.82, 2.24) is 9.55 Å². The van der Waals surface area contributed by atoms with Gasteiger partial charge in [0.2, 0.25) is 0 Å². The van der Waals surface area contributed by atoms with Gasteiger partial charge in [-0.1, -0.05) is 29.8 Å². The topological polar surface area (TPSA) is 34.9 Å². The summed E-state index contributed by atoms with van der Waals surface area (Å²) in [7, 11) is 0. The minimum Gasteiger partial charge on any atom is -0.307 e. The third-order valence-electron chi connectivity index (χ3n) is 2.84. The first-order valence-electron chi connectivity index (χ1n) is 5.48. The van der Waals surface area contributed by atoms with E-state index in [1.165, 1.54) is 0 Å². The number of aromatic nitrogens is 2. The Hall–Kier alpha value is -2.13. The highest BCUT2D eigenvalue weighted by atomic mass is 35.5. The normalized spacial score (nSPS) is 10.7. The molecule has 3 nitrogen and oxygen atoms in total. The molecule has 1 aromatic carbocycles. The molecule has 88 valence electrons. The van der Waals surface area contributed by atoms with Gasteiger partial charge in [0.15, 0.2) is 6.29 Å². The van der Waals surface area contributed by atoms with Gasteiger partial charge in [0.05, 0.1) is 11.2 Å². The zero-order valence-electron chi connectivity index (χ0n) is 9.38. The van der Waals surface area contributed by atoms with Crippen LogP contribution in [0.15, 0.2) is 48.7 Å². The van der Waals surface area contributed by atoms with Crippen LogP contribution in [0.5, 0.6) is 0 Å². The van der Waals surface area contributed by atoms with Gasteiger partial charge in [-0.05, 0) is 24.3 Å². The molecule has 2 aromatic heterocycles. The van der Waals surface area contributed by atoms with Crippen LogP contribution in [0.2, 0.25) is 5.15 Å². The van der Waals surface area contributed by atoms with Gasteiger partial charge in [0.1, 0.15) is 5.15 Å². The summed E-state index contributed by atoms with van der Waals surface area (Å²) in [6.45, 7) is 0. The molecule has 0 aliphatic heterocycles. The maximum Gasteiger partial charge on any atom is 0.166 e. The number of fused-ring (bicyclic) bond motifs is 1. The molecule has 18 heavy (non-hydrogen) atoms. The van der Waals surface area contributed by atoms with Crippen molar-refractivity contribution in [2.45, 2.75) is 0 Å². The molecule has 0 spiro atoms. The van der Waals surface area contributed by atoms with E-state index >= 15 is 0 Å². The van der Waals surface area contributed by atoms with E-state index < -0.39 is 0 Å². The van der Waals surface area contributed by atoms with Crippen LogP contribution in [-0.4, -0.2) is 15.8 Å². The van der Waals surface area contributed by atoms with Gasteiger partial charge in [-0.3, -0.25) is 4.79 Å². The molecule has 4 heteroatoms. The van der Waals surface area contributed by atoms with Crippen molar-refractivity contribution in [3.8, 4) is 5.69 Å². The second-order valence-corrected chi connectivity index (χ2v) is 4.25. The Morgan fingerprint density at radius 2 is 1.94 bits per heavy atom. The Kier molecular flexibility index (Phi) is 2.61. The largest absolute Gasteiger partial charge is 0.307 e. The third-order valence-corrected chi connectivity index (χ3v) is 3.15. The van der Waals surface area contributed by atoms with E-state index in [2.05, 4.69) is 4.98 Å². The van der Waals surface area contributed by atoms with Crippen LogP contribution in [0.3, 0.4) is 0 Å². The smallest absolute Gasteiger partial charge is 0.166 e. The van der Waals surface area contributed by atoms with Crippen molar-refractivity contribution >= 4 is 28.8 Å². The van der Waals surface area contributed by atoms with E-state index in [0.717, 1.165) is 22.9 Å².